The highest BCUT2D eigenvalue weighted by atomic mass is 35.5. The molecule has 0 aliphatic heterocycles. The third-order valence-corrected chi connectivity index (χ3v) is 4.30. The van der Waals surface area contributed by atoms with E-state index in [4.69, 9.17) is 27.9 Å². The third-order valence-electron chi connectivity index (χ3n) is 3.56. The number of nitrogens with one attached hydrogen (secondary N) is 1. The molecule has 132 valence electrons. The molecule has 0 saturated carbocycles. The first-order valence-electron chi connectivity index (χ1n) is 7.44. The van der Waals surface area contributed by atoms with Crippen LogP contribution in [-0.4, -0.2) is 32.7 Å². The van der Waals surface area contributed by atoms with Crippen molar-refractivity contribution in [3.63, 3.8) is 0 Å². The first-order chi connectivity index (χ1) is 12.0. The van der Waals surface area contributed by atoms with E-state index in [0.717, 1.165) is 5.56 Å². The molecule has 0 aromatic heterocycles. The van der Waals surface area contributed by atoms with Gasteiger partial charge in [0.1, 0.15) is 0 Å². The summed E-state index contributed by atoms with van der Waals surface area (Å²) < 4.78 is 9.40. The summed E-state index contributed by atoms with van der Waals surface area (Å²) in [5.41, 5.74) is 2.02. The van der Waals surface area contributed by atoms with E-state index in [9.17, 15) is 9.59 Å². The average Bonchev–Trinajstić information content (AvgIpc) is 2.63. The van der Waals surface area contributed by atoms with E-state index in [-0.39, 0.29) is 11.1 Å². The van der Waals surface area contributed by atoms with Crippen molar-refractivity contribution < 1.29 is 19.1 Å². The quantitative estimate of drug-likeness (QED) is 0.758. The van der Waals surface area contributed by atoms with E-state index in [0.29, 0.717) is 28.7 Å². The molecule has 1 N–H and O–H groups in total. The normalized spacial score (nSPS) is 10.2. The third kappa shape index (κ3) is 4.87. The highest BCUT2D eigenvalue weighted by molar-refractivity contribution is 6.42. The minimum atomic E-state index is -0.603. The second-order valence-electron chi connectivity index (χ2n) is 5.17. The van der Waals surface area contributed by atoms with E-state index in [2.05, 4.69) is 10.1 Å². The zero-order valence-electron chi connectivity index (χ0n) is 13.8. The number of halogens is 2. The van der Waals surface area contributed by atoms with Gasteiger partial charge in [-0.1, -0.05) is 29.3 Å². The lowest BCUT2D eigenvalue weighted by Crippen LogP contribution is -2.13. The van der Waals surface area contributed by atoms with Crippen LogP contribution in [0.4, 0.5) is 5.69 Å². The van der Waals surface area contributed by atoms with Gasteiger partial charge in [-0.3, -0.25) is 0 Å². The molecule has 0 unspecified atom stereocenters. The van der Waals surface area contributed by atoms with Crippen LogP contribution in [0.1, 0.15) is 26.3 Å². The lowest BCUT2D eigenvalue weighted by molar-refractivity contribution is 0.0555. The summed E-state index contributed by atoms with van der Waals surface area (Å²) in [7, 11) is 2.51. The molecule has 0 aliphatic rings. The van der Waals surface area contributed by atoms with Crippen molar-refractivity contribution in [2.75, 3.05) is 26.1 Å². The van der Waals surface area contributed by atoms with E-state index in [1.807, 2.05) is 12.1 Å². The Balaban J connectivity index is 2.10. The molecule has 25 heavy (non-hydrogen) atoms. The number of ether oxygens (including phenoxy) is 2. The van der Waals surface area contributed by atoms with Gasteiger partial charge in [0.15, 0.2) is 0 Å². The molecule has 0 bridgehead atoms. The summed E-state index contributed by atoms with van der Waals surface area (Å²) in [6.07, 6.45) is 0.712. The van der Waals surface area contributed by atoms with Crippen LogP contribution < -0.4 is 5.32 Å². The molecule has 0 aliphatic carbocycles. The average molecular weight is 382 g/mol. The first-order valence-corrected chi connectivity index (χ1v) is 8.20. The minimum absolute atomic E-state index is 0.147. The van der Waals surface area contributed by atoms with E-state index in [1.54, 1.807) is 18.2 Å². The van der Waals surface area contributed by atoms with Gasteiger partial charge in [0.25, 0.3) is 0 Å². The van der Waals surface area contributed by atoms with Crippen LogP contribution in [0.3, 0.4) is 0 Å². The summed E-state index contributed by atoms with van der Waals surface area (Å²) in [4.78, 5) is 23.6. The number of methoxy groups -OCH3 is 2. The minimum Gasteiger partial charge on any atom is -0.465 e. The van der Waals surface area contributed by atoms with Crippen molar-refractivity contribution >= 4 is 40.8 Å². The summed E-state index contributed by atoms with van der Waals surface area (Å²) in [5, 5.41) is 4.22. The molecule has 0 spiro atoms. The number of anilines is 1. The zero-order chi connectivity index (χ0) is 18.4. The molecule has 2 rings (SSSR count). The van der Waals surface area contributed by atoms with E-state index < -0.39 is 11.9 Å². The number of carbonyl (C=O) groups is 2. The van der Waals surface area contributed by atoms with Gasteiger partial charge in [-0.05, 0) is 42.3 Å². The predicted molar refractivity (Wildman–Crippen MR) is 97.8 cm³/mol. The molecule has 0 fully saturated rings. The first kappa shape index (κ1) is 19.1. The fourth-order valence-corrected chi connectivity index (χ4v) is 2.59. The van der Waals surface area contributed by atoms with Gasteiger partial charge in [-0.25, -0.2) is 9.59 Å². The van der Waals surface area contributed by atoms with Gasteiger partial charge < -0.3 is 14.8 Å². The Morgan fingerprint density at radius 1 is 0.920 bits per heavy atom. The molecule has 2 aromatic rings. The number of rotatable bonds is 6. The second kappa shape index (κ2) is 8.74. The summed E-state index contributed by atoms with van der Waals surface area (Å²) in [5.74, 6) is -1.20. The van der Waals surface area contributed by atoms with Crippen LogP contribution in [-0.2, 0) is 15.9 Å². The molecule has 7 heteroatoms. The number of hydrogen-bond donors (Lipinski definition) is 1. The van der Waals surface area contributed by atoms with Crippen molar-refractivity contribution in [1.29, 1.82) is 0 Å². The Labute approximate surface area is 155 Å². The number of benzene rings is 2. The lowest BCUT2D eigenvalue weighted by Gasteiger charge is -2.11. The molecule has 5 nitrogen and oxygen atoms in total. The van der Waals surface area contributed by atoms with Gasteiger partial charge in [0.2, 0.25) is 0 Å². The maximum atomic E-state index is 11.9. The zero-order valence-corrected chi connectivity index (χ0v) is 15.3. The van der Waals surface area contributed by atoms with Crippen molar-refractivity contribution in [1.82, 2.24) is 0 Å². The van der Waals surface area contributed by atoms with Crippen molar-refractivity contribution in [2.45, 2.75) is 6.42 Å². The van der Waals surface area contributed by atoms with Crippen molar-refractivity contribution in [2.24, 2.45) is 0 Å². The largest absolute Gasteiger partial charge is 0.465 e. The van der Waals surface area contributed by atoms with Gasteiger partial charge in [-0.15, -0.1) is 0 Å². The Bertz CT molecular complexity index is 793. The predicted octanol–water partition coefficient (Wildman–Crippen LogP) is 4.22. The standard InChI is InChI=1S/C18H17Cl2NO4/c1-24-17(22)13-5-4-12(10-14(13)18(23)25-2)21-8-7-11-3-6-15(19)16(20)9-11/h3-6,9-10,21H,7-8H2,1-2H3. The highest BCUT2D eigenvalue weighted by Crippen LogP contribution is 2.23. The molecule has 0 atom stereocenters. The monoisotopic (exact) mass is 381 g/mol. The van der Waals surface area contributed by atoms with Gasteiger partial charge in [0.05, 0.1) is 35.4 Å². The fraction of sp³-hybridized carbons (Fsp3) is 0.222. The van der Waals surface area contributed by atoms with E-state index >= 15 is 0 Å². The summed E-state index contributed by atoms with van der Waals surface area (Å²) in [6.45, 7) is 0.607. The topological polar surface area (TPSA) is 64.6 Å². The summed E-state index contributed by atoms with van der Waals surface area (Å²) in [6, 6.07) is 10.3. The van der Waals surface area contributed by atoms with Crippen LogP contribution >= 0.6 is 23.2 Å². The Kier molecular flexibility index (Phi) is 6.67. The van der Waals surface area contributed by atoms with Crippen LogP contribution in [0.2, 0.25) is 10.0 Å². The Morgan fingerprint density at radius 3 is 2.24 bits per heavy atom. The molecule has 0 radical (unpaired) electrons. The maximum absolute atomic E-state index is 11.9. The van der Waals surface area contributed by atoms with Crippen LogP contribution in [0, 0.1) is 0 Å². The van der Waals surface area contributed by atoms with Gasteiger partial charge >= 0.3 is 11.9 Å². The van der Waals surface area contributed by atoms with Crippen molar-refractivity contribution in [3.05, 3.63) is 63.1 Å². The van der Waals surface area contributed by atoms with Crippen LogP contribution in [0.15, 0.2) is 36.4 Å². The number of esters is 2. The fourth-order valence-electron chi connectivity index (χ4n) is 2.27. The molecular weight excluding hydrogens is 365 g/mol. The maximum Gasteiger partial charge on any atom is 0.338 e. The second-order valence-corrected chi connectivity index (χ2v) is 5.98. The van der Waals surface area contributed by atoms with E-state index in [1.165, 1.54) is 20.3 Å². The molecule has 0 heterocycles. The summed E-state index contributed by atoms with van der Waals surface area (Å²) >= 11 is 11.9. The molecule has 0 saturated heterocycles. The van der Waals surface area contributed by atoms with Crippen molar-refractivity contribution in [3.8, 4) is 0 Å². The number of carbonyl (C=O) groups excluding carboxylic acids is 2. The Morgan fingerprint density at radius 2 is 1.60 bits per heavy atom. The van der Waals surface area contributed by atoms with Crippen LogP contribution in [0.25, 0.3) is 0 Å². The molecular formula is C18H17Cl2NO4. The Hall–Kier alpha value is -2.24. The smallest absolute Gasteiger partial charge is 0.338 e. The number of hydrogen-bond acceptors (Lipinski definition) is 5. The van der Waals surface area contributed by atoms with Gasteiger partial charge in [0, 0.05) is 12.2 Å². The molecule has 0 amide bonds. The highest BCUT2D eigenvalue weighted by Gasteiger charge is 2.18. The van der Waals surface area contributed by atoms with Crippen LogP contribution in [0.5, 0.6) is 0 Å². The van der Waals surface area contributed by atoms with Gasteiger partial charge in [-0.2, -0.15) is 0 Å². The lowest BCUT2D eigenvalue weighted by atomic mass is 10.1. The molecule has 2 aromatic carbocycles. The SMILES string of the molecule is COC(=O)c1ccc(NCCc2ccc(Cl)c(Cl)c2)cc1C(=O)OC.